The lowest BCUT2D eigenvalue weighted by atomic mass is 10.2. The van der Waals surface area contributed by atoms with Crippen LogP contribution in [0, 0.1) is 0 Å². The van der Waals surface area contributed by atoms with Gasteiger partial charge in [-0.1, -0.05) is 13.8 Å². The molecule has 1 atom stereocenters. The van der Waals surface area contributed by atoms with Crippen LogP contribution >= 0.6 is 23.1 Å². The summed E-state index contributed by atoms with van der Waals surface area (Å²) in [5.41, 5.74) is 2.59. The van der Waals surface area contributed by atoms with Gasteiger partial charge < -0.3 is 4.90 Å². The average Bonchev–Trinajstić information content (AvgIpc) is 2.89. The molecule has 1 saturated heterocycles. The Balaban J connectivity index is 2.09. The van der Waals surface area contributed by atoms with E-state index in [2.05, 4.69) is 40.2 Å². The zero-order valence-corrected chi connectivity index (χ0v) is 13.4. The Morgan fingerprint density at radius 3 is 3.05 bits per heavy atom. The quantitative estimate of drug-likeness (QED) is 0.671. The van der Waals surface area contributed by atoms with Crippen LogP contribution in [-0.4, -0.2) is 34.1 Å². The summed E-state index contributed by atoms with van der Waals surface area (Å²) in [6.07, 6.45) is 1.03. The molecule has 0 aliphatic carbocycles. The first-order valence-electron chi connectivity index (χ1n) is 6.85. The first-order valence-corrected chi connectivity index (χ1v) is 8.71. The van der Waals surface area contributed by atoms with Gasteiger partial charge in [-0.3, -0.25) is 5.43 Å². The average molecular weight is 309 g/mol. The van der Waals surface area contributed by atoms with Crippen LogP contribution in [0.5, 0.6) is 0 Å². The predicted molar refractivity (Wildman–Crippen MR) is 88.7 cm³/mol. The second-order valence-electron chi connectivity index (χ2n) is 4.93. The Hall–Kier alpha value is -1.05. The van der Waals surface area contributed by atoms with E-state index in [-0.39, 0.29) is 0 Å². The summed E-state index contributed by atoms with van der Waals surface area (Å²) < 4.78 is 0. The first-order chi connectivity index (χ1) is 9.71. The number of hydrogen-bond acceptors (Lipinski definition) is 7. The number of nitrogens with two attached hydrogens (primary N) is 1. The number of thiophene rings is 1. The summed E-state index contributed by atoms with van der Waals surface area (Å²) in [4.78, 5) is 13.8. The highest BCUT2D eigenvalue weighted by atomic mass is 32.2. The second-order valence-corrected chi connectivity index (χ2v) is 7.59. The Morgan fingerprint density at radius 1 is 1.50 bits per heavy atom. The summed E-state index contributed by atoms with van der Waals surface area (Å²) in [5.74, 6) is 8.18. The van der Waals surface area contributed by atoms with Gasteiger partial charge in [-0.15, -0.1) is 11.3 Å². The number of thioether (sulfide) groups is 1. The van der Waals surface area contributed by atoms with Crippen LogP contribution in [0.4, 0.5) is 11.8 Å². The van der Waals surface area contributed by atoms with Crippen molar-refractivity contribution in [3.05, 3.63) is 10.9 Å². The minimum atomic E-state index is 0.503. The van der Waals surface area contributed by atoms with Crippen molar-refractivity contribution in [1.82, 2.24) is 9.97 Å². The first kappa shape index (κ1) is 13.9. The van der Waals surface area contributed by atoms with Gasteiger partial charge in [0.15, 0.2) is 0 Å². The van der Waals surface area contributed by atoms with E-state index in [0.717, 1.165) is 41.3 Å². The van der Waals surface area contributed by atoms with Gasteiger partial charge in [-0.25, -0.2) is 10.8 Å². The maximum atomic E-state index is 5.51. The number of rotatable bonds is 3. The number of aromatic nitrogens is 2. The van der Waals surface area contributed by atoms with Gasteiger partial charge in [-0.2, -0.15) is 16.7 Å². The molecule has 5 nitrogen and oxygen atoms in total. The normalized spacial score (nSPS) is 19.6. The zero-order valence-electron chi connectivity index (χ0n) is 11.7. The summed E-state index contributed by atoms with van der Waals surface area (Å²) in [5, 5.41) is 1.79. The van der Waals surface area contributed by atoms with Crippen LogP contribution in [0.15, 0.2) is 6.07 Å². The molecular weight excluding hydrogens is 290 g/mol. The third-order valence-electron chi connectivity index (χ3n) is 3.44. The van der Waals surface area contributed by atoms with E-state index in [1.165, 1.54) is 4.88 Å². The Bertz CT molecular complexity index is 612. The third kappa shape index (κ3) is 2.57. The molecule has 3 rings (SSSR count). The van der Waals surface area contributed by atoms with Crippen molar-refractivity contribution in [3.63, 3.8) is 0 Å². The number of nitrogens with zero attached hydrogens (tertiary/aromatic N) is 3. The Labute approximate surface area is 126 Å². The number of nitrogens with one attached hydrogen (secondary N) is 1. The molecule has 1 aliphatic heterocycles. The highest BCUT2D eigenvalue weighted by Gasteiger charge is 2.22. The fourth-order valence-electron chi connectivity index (χ4n) is 2.45. The molecule has 20 heavy (non-hydrogen) atoms. The van der Waals surface area contributed by atoms with Crippen molar-refractivity contribution >= 4 is 45.1 Å². The molecule has 2 aromatic rings. The molecule has 0 spiro atoms. The van der Waals surface area contributed by atoms with Gasteiger partial charge >= 0.3 is 0 Å². The summed E-state index contributed by atoms with van der Waals surface area (Å²) in [6, 6.07) is 2.22. The van der Waals surface area contributed by atoms with Gasteiger partial charge in [0.05, 0.1) is 5.39 Å². The standard InChI is InChI=1S/C13H19N5S2/c1-3-9-6-10-11(18-4-5-19-8(2)7-18)15-13(17-14)16-12(10)20-9/h6,8H,3-5,7,14H2,1-2H3,(H,15,16,17). The SMILES string of the molecule is CCc1cc2c(N3CCSC(C)C3)nc(NN)nc2s1. The molecule has 1 fully saturated rings. The summed E-state index contributed by atoms with van der Waals surface area (Å²) >= 11 is 3.75. The van der Waals surface area contributed by atoms with Gasteiger partial charge in [-0.05, 0) is 12.5 Å². The van der Waals surface area contributed by atoms with Crippen LogP contribution in [0.2, 0.25) is 0 Å². The fourth-order valence-corrected chi connectivity index (χ4v) is 4.42. The third-order valence-corrected chi connectivity index (χ3v) is 5.75. The molecule has 1 unspecified atom stereocenters. The van der Waals surface area contributed by atoms with E-state index >= 15 is 0 Å². The molecular formula is C13H19N5S2. The molecule has 0 bridgehead atoms. The molecule has 0 radical (unpaired) electrons. The minimum absolute atomic E-state index is 0.503. The van der Waals surface area contributed by atoms with E-state index in [0.29, 0.717) is 11.2 Å². The Morgan fingerprint density at radius 2 is 2.35 bits per heavy atom. The summed E-state index contributed by atoms with van der Waals surface area (Å²) in [6.45, 7) is 6.49. The van der Waals surface area contributed by atoms with Gasteiger partial charge in [0.2, 0.25) is 5.95 Å². The van der Waals surface area contributed by atoms with Crippen molar-refractivity contribution in [3.8, 4) is 0 Å². The summed E-state index contributed by atoms with van der Waals surface area (Å²) in [7, 11) is 0. The topological polar surface area (TPSA) is 67.1 Å². The lowest BCUT2D eigenvalue weighted by Gasteiger charge is -2.31. The van der Waals surface area contributed by atoms with Crippen molar-refractivity contribution in [1.29, 1.82) is 0 Å². The maximum Gasteiger partial charge on any atom is 0.240 e. The number of hydrazine groups is 1. The minimum Gasteiger partial charge on any atom is -0.354 e. The van der Waals surface area contributed by atoms with Gasteiger partial charge in [0, 0.05) is 29.0 Å². The van der Waals surface area contributed by atoms with Crippen LogP contribution < -0.4 is 16.2 Å². The van der Waals surface area contributed by atoms with E-state index < -0.39 is 0 Å². The van der Waals surface area contributed by atoms with Gasteiger partial charge in [0.25, 0.3) is 0 Å². The van der Waals surface area contributed by atoms with Crippen molar-refractivity contribution < 1.29 is 0 Å². The van der Waals surface area contributed by atoms with E-state index in [1.807, 2.05) is 11.8 Å². The lowest BCUT2D eigenvalue weighted by molar-refractivity contribution is 0.773. The van der Waals surface area contributed by atoms with E-state index in [9.17, 15) is 0 Å². The number of fused-ring (bicyclic) bond motifs is 1. The van der Waals surface area contributed by atoms with Crippen molar-refractivity contribution in [2.24, 2.45) is 5.84 Å². The Kier molecular flexibility index (Phi) is 4.00. The fraction of sp³-hybridized carbons (Fsp3) is 0.538. The lowest BCUT2D eigenvalue weighted by Crippen LogP contribution is -2.37. The number of anilines is 2. The number of hydrogen-bond donors (Lipinski definition) is 2. The van der Waals surface area contributed by atoms with Gasteiger partial charge in [0.1, 0.15) is 10.6 Å². The molecule has 1 aliphatic rings. The van der Waals surface area contributed by atoms with Crippen LogP contribution in [-0.2, 0) is 6.42 Å². The molecule has 3 N–H and O–H groups in total. The second kappa shape index (κ2) is 5.75. The largest absolute Gasteiger partial charge is 0.354 e. The molecule has 0 saturated carbocycles. The van der Waals surface area contributed by atoms with Crippen molar-refractivity contribution in [2.75, 3.05) is 29.2 Å². The monoisotopic (exact) mass is 309 g/mol. The van der Waals surface area contributed by atoms with Crippen molar-refractivity contribution in [2.45, 2.75) is 25.5 Å². The zero-order chi connectivity index (χ0) is 14.1. The predicted octanol–water partition coefficient (Wildman–Crippen LogP) is 2.48. The smallest absolute Gasteiger partial charge is 0.240 e. The highest BCUT2D eigenvalue weighted by molar-refractivity contribution is 8.00. The van der Waals surface area contributed by atoms with Crippen LogP contribution in [0.3, 0.4) is 0 Å². The van der Waals surface area contributed by atoms with E-state index in [1.54, 1.807) is 11.3 Å². The molecule has 3 heterocycles. The highest BCUT2D eigenvalue weighted by Crippen LogP contribution is 2.34. The molecule has 108 valence electrons. The molecule has 0 amide bonds. The number of aryl methyl sites for hydroxylation is 1. The maximum absolute atomic E-state index is 5.51. The molecule has 2 aromatic heterocycles. The van der Waals surface area contributed by atoms with Crippen LogP contribution in [0.1, 0.15) is 18.7 Å². The molecule has 0 aromatic carbocycles. The van der Waals surface area contributed by atoms with Crippen LogP contribution in [0.25, 0.3) is 10.2 Å². The molecule has 7 heteroatoms. The van der Waals surface area contributed by atoms with E-state index in [4.69, 9.17) is 5.84 Å². The number of nitrogen functional groups attached to an aromatic ring is 1.